The summed E-state index contributed by atoms with van der Waals surface area (Å²) in [4.78, 5) is 48.9. The molecule has 3 amide bonds. The molecule has 2 saturated heterocycles. The lowest BCUT2D eigenvalue weighted by molar-refractivity contribution is -0.148. The molecule has 1 unspecified atom stereocenters. The van der Waals surface area contributed by atoms with Crippen LogP contribution in [0.15, 0.2) is 54.6 Å². The number of aliphatic hydroxyl groups is 1. The van der Waals surface area contributed by atoms with Gasteiger partial charge in [-0.1, -0.05) is 56.4 Å². The highest BCUT2D eigenvalue weighted by Gasteiger charge is 2.74. The van der Waals surface area contributed by atoms with Crippen molar-refractivity contribution >= 4 is 35.2 Å². The van der Waals surface area contributed by atoms with E-state index < -0.39 is 39.0 Å². The quantitative estimate of drug-likeness (QED) is 0.562. The molecule has 4 aliphatic heterocycles. The van der Waals surface area contributed by atoms with Gasteiger partial charge in [0.15, 0.2) is 0 Å². The third-order valence-electron chi connectivity index (χ3n) is 8.72. The summed E-state index contributed by atoms with van der Waals surface area (Å²) in [5, 5.41) is 10.5. The minimum absolute atomic E-state index is 0.0980. The molecule has 0 aromatic heterocycles. The van der Waals surface area contributed by atoms with Crippen LogP contribution >= 0.6 is 11.8 Å². The van der Waals surface area contributed by atoms with E-state index in [1.807, 2.05) is 81.2 Å². The Morgan fingerprint density at radius 3 is 2.26 bits per heavy atom. The molecule has 0 bridgehead atoms. The number of thioether (sulfide) groups is 1. The maximum absolute atomic E-state index is 14.6. The van der Waals surface area contributed by atoms with Crippen molar-refractivity contribution in [3.8, 4) is 0 Å². The second kappa shape index (κ2) is 9.81. The second-order valence-electron chi connectivity index (χ2n) is 12.9. The van der Waals surface area contributed by atoms with Gasteiger partial charge in [-0.05, 0) is 52.2 Å². The van der Waals surface area contributed by atoms with Crippen molar-refractivity contribution in [3.05, 3.63) is 54.6 Å². The highest BCUT2D eigenvalue weighted by molar-refractivity contribution is 8.02. The lowest BCUT2D eigenvalue weighted by Crippen LogP contribution is -2.59. The van der Waals surface area contributed by atoms with Crippen LogP contribution in [0.1, 0.15) is 48.0 Å². The number of benzene rings is 1. The number of aliphatic hydroxyl groups excluding tert-OH is 1. The molecule has 1 aromatic rings. The topological polar surface area (TPSA) is 81.2 Å². The Balaban J connectivity index is 1.68. The van der Waals surface area contributed by atoms with E-state index in [2.05, 4.69) is 19.9 Å². The van der Waals surface area contributed by atoms with Gasteiger partial charge in [-0.2, -0.15) is 0 Å². The molecule has 1 spiro atoms. The molecule has 39 heavy (non-hydrogen) atoms. The van der Waals surface area contributed by atoms with Crippen molar-refractivity contribution in [1.82, 2.24) is 9.80 Å². The van der Waals surface area contributed by atoms with E-state index in [0.717, 1.165) is 5.69 Å². The van der Waals surface area contributed by atoms with Gasteiger partial charge in [-0.3, -0.25) is 14.4 Å². The van der Waals surface area contributed by atoms with Crippen LogP contribution in [0.4, 0.5) is 5.69 Å². The molecule has 0 aliphatic carbocycles. The molecule has 7 nitrogen and oxygen atoms in total. The molecule has 6 atom stereocenters. The number of rotatable bonds is 5. The number of carbonyl (C=O) groups excluding carboxylic acids is 3. The van der Waals surface area contributed by atoms with Crippen LogP contribution in [0.25, 0.3) is 0 Å². The van der Waals surface area contributed by atoms with Gasteiger partial charge in [0.25, 0.3) is 0 Å². The largest absolute Gasteiger partial charge is 0.394 e. The first-order valence-corrected chi connectivity index (χ1v) is 14.8. The number of likely N-dealkylation sites (tertiary alicyclic amines) is 1. The number of nitrogens with zero attached hydrogens (tertiary/aromatic N) is 3. The summed E-state index contributed by atoms with van der Waals surface area (Å²) in [6.07, 6.45) is 8.73. The van der Waals surface area contributed by atoms with Crippen molar-refractivity contribution in [2.75, 3.05) is 24.6 Å². The van der Waals surface area contributed by atoms with Gasteiger partial charge in [-0.15, -0.1) is 11.8 Å². The van der Waals surface area contributed by atoms with Crippen LogP contribution < -0.4 is 4.90 Å². The minimum Gasteiger partial charge on any atom is -0.394 e. The molecule has 0 saturated carbocycles. The van der Waals surface area contributed by atoms with Crippen LogP contribution in [0.3, 0.4) is 0 Å². The van der Waals surface area contributed by atoms with Crippen molar-refractivity contribution in [1.29, 1.82) is 0 Å². The molecule has 1 aromatic carbocycles. The molecule has 8 heteroatoms. The summed E-state index contributed by atoms with van der Waals surface area (Å²) in [6, 6.07) is 8.26. The Morgan fingerprint density at radius 1 is 0.974 bits per heavy atom. The summed E-state index contributed by atoms with van der Waals surface area (Å²) in [6.45, 7) is 12.8. The highest BCUT2D eigenvalue weighted by Crippen LogP contribution is 2.66. The van der Waals surface area contributed by atoms with Gasteiger partial charge >= 0.3 is 0 Å². The first-order chi connectivity index (χ1) is 18.4. The number of hydrogen-bond acceptors (Lipinski definition) is 5. The number of carbonyl (C=O) groups is 3. The monoisotopic (exact) mass is 551 g/mol. The van der Waals surface area contributed by atoms with Crippen molar-refractivity contribution in [2.45, 2.75) is 75.1 Å². The van der Waals surface area contributed by atoms with Gasteiger partial charge in [0.1, 0.15) is 6.04 Å². The second-order valence-corrected chi connectivity index (χ2v) is 14.7. The van der Waals surface area contributed by atoms with E-state index in [0.29, 0.717) is 19.5 Å². The molecule has 210 valence electrons. The summed E-state index contributed by atoms with van der Waals surface area (Å²) >= 11 is 1.58. The first kappa shape index (κ1) is 28.0. The zero-order valence-corrected chi connectivity index (χ0v) is 24.6. The van der Waals surface area contributed by atoms with Gasteiger partial charge in [-0.25, -0.2) is 0 Å². The average molecular weight is 552 g/mol. The van der Waals surface area contributed by atoms with Crippen LogP contribution in [0.5, 0.6) is 0 Å². The summed E-state index contributed by atoms with van der Waals surface area (Å²) in [5.74, 6) is -1.57. The van der Waals surface area contributed by atoms with Crippen LogP contribution in [-0.4, -0.2) is 79.4 Å². The van der Waals surface area contributed by atoms with Gasteiger partial charge in [0.2, 0.25) is 17.7 Å². The molecule has 1 N–H and O–H groups in total. The smallest absolute Gasteiger partial charge is 0.247 e. The maximum Gasteiger partial charge on any atom is 0.247 e. The van der Waals surface area contributed by atoms with Gasteiger partial charge in [0, 0.05) is 29.1 Å². The SMILES string of the molecule is CC(C)C[C@H](CO)N1C(=O)[C@@H]2[C@@H]3C(=O)N(c4ccccc4)CC=C[C@]3(C)S[C@@]23C=CCN(C(C)(C)C)C(=O)C13. The number of amides is 3. The zero-order chi connectivity index (χ0) is 28.3. The lowest BCUT2D eigenvalue weighted by Gasteiger charge is -2.43. The predicted octanol–water partition coefficient (Wildman–Crippen LogP) is 3.88. The van der Waals surface area contributed by atoms with E-state index in [-0.39, 0.29) is 30.2 Å². The molecule has 0 radical (unpaired) electrons. The van der Waals surface area contributed by atoms with Crippen LogP contribution in [-0.2, 0) is 14.4 Å². The Kier molecular flexibility index (Phi) is 7.03. The van der Waals surface area contributed by atoms with Gasteiger partial charge < -0.3 is 19.8 Å². The van der Waals surface area contributed by atoms with E-state index >= 15 is 0 Å². The fourth-order valence-corrected chi connectivity index (χ4v) is 9.26. The molecule has 4 aliphatic rings. The van der Waals surface area contributed by atoms with E-state index in [4.69, 9.17) is 0 Å². The fourth-order valence-electron chi connectivity index (χ4n) is 7.12. The lowest BCUT2D eigenvalue weighted by atomic mass is 9.74. The van der Waals surface area contributed by atoms with Crippen molar-refractivity contribution in [3.63, 3.8) is 0 Å². The molecule has 4 heterocycles. The summed E-state index contributed by atoms with van der Waals surface area (Å²) in [7, 11) is 0. The first-order valence-electron chi connectivity index (χ1n) is 14.0. The zero-order valence-electron chi connectivity index (χ0n) is 23.8. The van der Waals surface area contributed by atoms with Crippen molar-refractivity contribution in [2.24, 2.45) is 17.8 Å². The molecule has 2 fully saturated rings. The number of anilines is 1. The molecule has 5 rings (SSSR count). The highest BCUT2D eigenvalue weighted by atomic mass is 32.2. The Hall–Kier alpha value is -2.58. The van der Waals surface area contributed by atoms with Crippen molar-refractivity contribution < 1.29 is 19.5 Å². The average Bonchev–Trinajstić information content (AvgIpc) is 3.13. The fraction of sp³-hybridized carbons (Fsp3) is 0.581. The van der Waals surface area contributed by atoms with E-state index in [1.165, 1.54) is 0 Å². The van der Waals surface area contributed by atoms with Gasteiger partial charge in [0.05, 0.1) is 29.2 Å². The third-order valence-corrected chi connectivity index (χ3v) is 10.5. The third kappa shape index (κ3) is 4.34. The summed E-state index contributed by atoms with van der Waals surface area (Å²) in [5.41, 5.74) is 0.338. The Morgan fingerprint density at radius 2 is 1.64 bits per heavy atom. The Bertz CT molecular complexity index is 1210. The predicted molar refractivity (Wildman–Crippen MR) is 155 cm³/mol. The van der Waals surface area contributed by atoms with E-state index in [9.17, 15) is 19.5 Å². The number of hydrogen-bond donors (Lipinski definition) is 1. The number of para-hydroxylation sites is 1. The Labute approximate surface area is 236 Å². The molecular formula is C31H41N3O4S. The van der Waals surface area contributed by atoms with Crippen LogP contribution in [0, 0.1) is 17.8 Å². The standard InChI is InChI=1S/C31H41N3O4S/c1-20(2)18-22(19-35)34-25-28(38)33(29(3,4)5)17-11-15-31(25)24(27(34)37)23-26(36)32(21-12-8-7-9-13-21)16-10-14-30(23,6)39-31/h7-15,20,22-25,35H,16-19H2,1-6H3/t22-,23-,24+,25?,30+,31+/m1/s1. The number of fused-ring (bicyclic) bond motifs is 2. The minimum atomic E-state index is -0.919. The molecular weight excluding hydrogens is 510 g/mol. The van der Waals surface area contributed by atoms with E-state index in [1.54, 1.807) is 21.6 Å². The maximum atomic E-state index is 14.6. The normalized spacial score (nSPS) is 33.3. The summed E-state index contributed by atoms with van der Waals surface area (Å²) < 4.78 is -1.59. The van der Waals surface area contributed by atoms with Crippen LogP contribution in [0.2, 0.25) is 0 Å².